The molecule has 10 heteroatoms. The molecule has 0 aromatic carbocycles. The maximum Gasteiger partial charge on any atom is 0.341 e. The van der Waals surface area contributed by atoms with Crippen molar-refractivity contribution in [3.8, 4) is 0 Å². The van der Waals surface area contributed by atoms with Crippen LogP contribution in [0.15, 0.2) is 0 Å². The quantitative estimate of drug-likeness (QED) is 0.582. The third kappa shape index (κ3) is 6.11. The lowest BCUT2D eigenvalue weighted by molar-refractivity contribution is -0.138. The summed E-state index contributed by atoms with van der Waals surface area (Å²) in [6, 6.07) is 0. The van der Waals surface area contributed by atoms with Gasteiger partial charge in [-0.2, -0.15) is 0 Å². The molecule has 2 aliphatic rings. The summed E-state index contributed by atoms with van der Waals surface area (Å²) in [5, 5.41) is 5.68. The third-order valence-corrected chi connectivity index (χ3v) is 7.52. The molecule has 0 bridgehead atoms. The van der Waals surface area contributed by atoms with Crippen molar-refractivity contribution in [1.82, 2.24) is 15.1 Å². The molecule has 9 nitrogen and oxygen atoms in total. The first-order valence-electron chi connectivity index (χ1n) is 11.7. The first-order chi connectivity index (χ1) is 15.8. The largest absolute Gasteiger partial charge is 0.462 e. The van der Waals surface area contributed by atoms with Crippen molar-refractivity contribution >= 4 is 40.0 Å². The van der Waals surface area contributed by atoms with Crippen LogP contribution in [0.3, 0.4) is 0 Å². The van der Waals surface area contributed by atoms with Crippen LogP contribution < -0.4 is 10.6 Å². The number of esters is 1. The van der Waals surface area contributed by atoms with Gasteiger partial charge in [-0.05, 0) is 32.3 Å². The second kappa shape index (κ2) is 11.6. The average Bonchev–Trinajstić information content (AvgIpc) is 3.14. The van der Waals surface area contributed by atoms with Gasteiger partial charge in [0.25, 0.3) is 5.91 Å². The van der Waals surface area contributed by atoms with Crippen LogP contribution in [0.1, 0.15) is 64.6 Å². The van der Waals surface area contributed by atoms with Gasteiger partial charge >= 0.3 is 5.97 Å². The van der Waals surface area contributed by atoms with E-state index in [1.807, 2.05) is 9.80 Å². The summed E-state index contributed by atoms with van der Waals surface area (Å²) < 4.78 is 5.13. The normalized spacial score (nSPS) is 17.5. The standard InChI is InChI=1S/C23H34N4O5S/c1-4-32-23(31)18-15(2)19(20(29)24-3)33-21(18)25-17(28)14-26-10-12-27(13-11-26)22(30)16-8-6-5-7-9-16/h16H,4-14H2,1-3H3,(H,24,29)(H,25,28). The van der Waals surface area contributed by atoms with Gasteiger partial charge in [0.2, 0.25) is 11.8 Å². The van der Waals surface area contributed by atoms with Gasteiger partial charge in [-0.1, -0.05) is 19.3 Å². The molecule has 0 radical (unpaired) electrons. The van der Waals surface area contributed by atoms with Crippen molar-refractivity contribution < 1.29 is 23.9 Å². The van der Waals surface area contributed by atoms with E-state index in [2.05, 4.69) is 10.6 Å². The molecule has 0 atom stereocenters. The Kier molecular flexibility index (Phi) is 8.85. The Hall–Kier alpha value is -2.46. The van der Waals surface area contributed by atoms with Crippen molar-refractivity contribution in [2.75, 3.05) is 51.7 Å². The van der Waals surface area contributed by atoms with E-state index in [0.29, 0.717) is 41.6 Å². The molecule has 1 saturated heterocycles. The Bertz CT molecular complexity index is 886. The van der Waals surface area contributed by atoms with Gasteiger partial charge in [-0.25, -0.2) is 4.79 Å². The molecule has 2 N–H and O–H groups in total. The second-order valence-corrected chi connectivity index (χ2v) is 9.57. The first kappa shape index (κ1) is 25.2. The maximum atomic E-state index is 12.8. The molecular formula is C23H34N4O5S. The predicted molar refractivity (Wildman–Crippen MR) is 127 cm³/mol. The topological polar surface area (TPSA) is 108 Å². The maximum absolute atomic E-state index is 12.8. The minimum Gasteiger partial charge on any atom is -0.462 e. The molecule has 1 saturated carbocycles. The molecule has 1 aliphatic carbocycles. The molecule has 182 valence electrons. The van der Waals surface area contributed by atoms with E-state index in [1.54, 1.807) is 13.8 Å². The second-order valence-electron chi connectivity index (χ2n) is 8.54. The van der Waals surface area contributed by atoms with Crippen LogP contribution in [-0.4, -0.2) is 79.9 Å². The first-order valence-corrected chi connectivity index (χ1v) is 12.5. The van der Waals surface area contributed by atoms with Gasteiger partial charge < -0.3 is 20.3 Å². The highest BCUT2D eigenvalue weighted by Crippen LogP contribution is 2.34. The van der Waals surface area contributed by atoms with E-state index in [-0.39, 0.29) is 42.4 Å². The molecule has 1 aliphatic heterocycles. The van der Waals surface area contributed by atoms with Gasteiger partial charge in [-0.3, -0.25) is 19.3 Å². The summed E-state index contributed by atoms with van der Waals surface area (Å²) in [7, 11) is 1.52. The highest BCUT2D eigenvalue weighted by molar-refractivity contribution is 7.18. The highest BCUT2D eigenvalue weighted by atomic mass is 32.1. The van der Waals surface area contributed by atoms with Gasteiger partial charge in [0.05, 0.1) is 23.6 Å². The fourth-order valence-corrected chi connectivity index (χ4v) is 5.64. The summed E-state index contributed by atoms with van der Waals surface area (Å²) in [6.45, 7) is 6.22. The van der Waals surface area contributed by atoms with Crippen LogP contribution in [-0.2, 0) is 14.3 Å². The molecule has 1 aromatic rings. The molecule has 0 spiro atoms. The Morgan fingerprint density at radius 3 is 2.33 bits per heavy atom. The van der Waals surface area contributed by atoms with Gasteiger partial charge in [-0.15, -0.1) is 11.3 Å². The molecule has 2 heterocycles. The lowest BCUT2D eigenvalue weighted by Gasteiger charge is -2.36. The third-order valence-electron chi connectivity index (χ3n) is 6.32. The zero-order chi connectivity index (χ0) is 24.0. The summed E-state index contributed by atoms with van der Waals surface area (Å²) in [5.74, 6) is -0.730. The highest BCUT2D eigenvalue weighted by Gasteiger charge is 2.30. The van der Waals surface area contributed by atoms with E-state index >= 15 is 0 Å². The number of hydrogen-bond acceptors (Lipinski definition) is 7. The van der Waals surface area contributed by atoms with E-state index in [1.165, 1.54) is 13.5 Å². The van der Waals surface area contributed by atoms with Crippen LogP contribution in [0.25, 0.3) is 0 Å². The van der Waals surface area contributed by atoms with Crippen LogP contribution in [0.2, 0.25) is 0 Å². The fraction of sp³-hybridized carbons (Fsp3) is 0.652. The molecule has 33 heavy (non-hydrogen) atoms. The lowest BCUT2D eigenvalue weighted by atomic mass is 9.88. The number of hydrogen-bond donors (Lipinski definition) is 2. The van der Waals surface area contributed by atoms with Crippen LogP contribution >= 0.6 is 11.3 Å². The number of nitrogens with one attached hydrogen (secondary N) is 2. The van der Waals surface area contributed by atoms with Crippen LogP contribution in [0.4, 0.5) is 5.00 Å². The minimum atomic E-state index is -0.563. The molecule has 3 rings (SSSR count). The molecule has 1 aromatic heterocycles. The Labute approximate surface area is 198 Å². The average molecular weight is 479 g/mol. The Balaban J connectivity index is 1.59. The van der Waals surface area contributed by atoms with Crippen LogP contribution in [0.5, 0.6) is 0 Å². The van der Waals surface area contributed by atoms with Crippen molar-refractivity contribution in [2.24, 2.45) is 5.92 Å². The zero-order valence-electron chi connectivity index (χ0n) is 19.7. The lowest BCUT2D eigenvalue weighted by Crippen LogP contribution is -2.52. The minimum absolute atomic E-state index is 0.153. The summed E-state index contributed by atoms with van der Waals surface area (Å²) in [4.78, 5) is 54.4. The molecule has 2 fully saturated rings. The Morgan fingerprint density at radius 1 is 1.06 bits per heavy atom. The molecule has 3 amide bonds. The van der Waals surface area contributed by atoms with E-state index in [0.717, 1.165) is 37.0 Å². The Morgan fingerprint density at radius 2 is 1.73 bits per heavy atom. The van der Waals surface area contributed by atoms with Crippen molar-refractivity contribution in [3.05, 3.63) is 16.0 Å². The number of carbonyl (C=O) groups is 4. The van der Waals surface area contributed by atoms with Crippen molar-refractivity contribution in [3.63, 3.8) is 0 Å². The molecular weight excluding hydrogens is 444 g/mol. The van der Waals surface area contributed by atoms with E-state index in [4.69, 9.17) is 4.74 Å². The van der Waals surface area contributed by atoms with Gasteiger partial charge in [0.1, 0.15) is 5.00 Å². The van der Waals surface area contributed by atoms with E-state index < -0.39 is 5.97 Å². The summed E-state index contributed by atoms with van der Waals surface area (Å²) >= 11 is 1.07. The molecule has 0 unspecified atom stereocenters. The summed E-state index contributed by atoms with van der Waals surface area (Å²) in [5.41, 5.74) is 0.708. The number of nitrogens with zero attached hydrogens (tertiary/aromatic N) is 2. The summed E-state index contributed by atoms with van der Waals surface area (Å²) in [6.07, 6.45) is 5.46. The SMILES string of the molecule is CCOC(=O)c1c(NC(=O)CN2CCN(C(=O)C3CCCCC3)CC2)sc(C(=O)NC)c1C. The fourth-order valence-electron chi connectivity index (χ4n) is 4.48. The number of amides is 3. The number of carbonyl (C=O) groups excluding carboxylic acids is 4. The van der Waals surface area contributed by atoms with E-state index in [9.17, 15) is 19.2 Å². The number of thiophene rings is 1. The number of anilines is 1. The zero-order valence-corrected chi connectivity index (χ0v) is 20.5. The van der Waals surface area contributed by atoms with Crippen molar-refractivity contribution in [2.45, 2.75) is 46.0 Å². The number of ether oxygens (including phenoxy) is 1. The smallest absolute Gasteiger partial charge is 0.341 e. The number of rotatable bonds is 7. The van der Waals surface area contributed by atoms with Gasteiger partial charge in [0.15, 0.2) is 0 Å². The van der Waals surface area contributed by atoms with Crippen molar-refractivity contribution in [1.29, 1.82) is 0 Å². The van der Waals surface area contributed by atoms with Crippen LogP contribution in [0, 0.1) is 12.8 Å². The monoisotopic (exact) mass is 478 g/mol. The van der Waals surface area contributed by atoms with Gasteiger partial charge in [0, 0.05) is 39.1 Å². The predicted octanol–water partition coefficient (Wildman–Crippen LogP) is 2.26. The number of piperazine rings is 1.